The molecule has 3 N–H and O–H groups in total. The maximum atomic E-state index is 11.5. The SMILES string of the molecule is C=CCCS(=O)(=O)NC(CN)CCCC. The Morgan fingerprint density at radius 2 is 2.20 bits per heavy atom. The van der Waals surface area contributed by atoms with Gasteiger partial charge >= 0.3 is 0 Å². The molecular formula is C10H22N2O2S. The van der Waals surface area contributed by atoms with Crippen LogP contribution in [0.25, 0.3) is 0 Å². The minimum absolute atomic E-state index is 0.0964. The lowest BCUT2D eigenvalue weighted by Gasteiger charge is -2.16. The molecule has 90 valence electrons. The minimum Gasteiger partial charge on any atom is -0.329 e. The summed E-state index contributed by atoms with van der Waals surface area (Å²) < 4.78 is 25.6. The lowest BCUT2D eigenvalue weighted by Crippen LogP contribution is -2.41. The summed E-state index contributed by atoms with van der Waals surface area (Å²) in [4.78, 5) is 0. The van der Waals surface area contributed by atoms with Crippen molar-refractivity contribution >= 4 is 10.0 Å². The number of sulfonamides is 1. The Bertz CT molecular complexity index is 263. The lowest BCUT2D eigenvalue weighted by molar-refractivity contribution is 0.516. The van der Waals surface area contributed by atoms with Crippen molar-refractivity contribution in [3.8, 4) is 0 Å². The molecule has 0 aromatic rings. The molecule has 4 nitrogen and oxygen atoms in total. The van der Waals surface area contributed by atoms with E-state index in [1.54, 1.807) is 6.08 Å². The average molecular weight is 234 g/mol. The number of hydrogen-bond acceptors (Lipinski definition) is 3. The summed E-state index contributed by atoms with van der Waals surface area (Å²) in [6.07, 6.45) is 4.92. The summed E-state index contributed by atoms with van der Waals surface area (Å²) in [6, 6.07) is -0.125. The van der Waals surface area contributed by atoms with Gasteiger partial charge in [-0.25, -0.2) is 13.1 Å². The van der Waals surface area contributed by atoms with Gasteiger partial charge in [-0.15, -0.1) is 6.58 Å². The zero-order valence-corrected chi connectivity index (χ0v) is 10.2. The first kappa shape index (κ1) is 14.6. The molecule has 0 saturated heterocycles. The Morgan fingerprint density at radius 3 is 2.67 bits per heavy atom. The average Bonchev–Trinajstić information content (AvgIpc) is 2.21. The van der Waals surface area contributed by atoms with Crippen molar-refractivity contribution in [2.24, 2.45) is 5.73 Å². The predicted molar refractivity (Wildman–Crippen MR) is 64.1 cm³/mol. The first-order chi connectivity index (χ1) is 7.05. The number of nitrogens with two attached hydrogens (primary N) is 1. The van der Waals surface area contributed by atoms with Gasteiger partial charge in [-0.2, -0.15) is 0 Å². The fraction of sp³-hybridized carbons (Fsp3) is 0.800. The van der Waals surface area contributed by atoms with Crippen molar-refractivity contribution in [3.63, 3.8) is 0 Å². The summed E-state index contributed by atoms with van der Waals surface area (Å²) in [5, 5.41) is 0. The van der Waals surface area contributed by atoms with Crippen molar-refractivity contribution in [1.29, 1.82) is 0 Å². The molecule has 0 spiro atoms. The van der Waals surface area contributed by atoms with Gasteiger partial charge in [0.25, 0.3) is 0 Å². The van der Waals surface area contributed by atoms with E-state index >= 15 is 0 Å². The van der Waals surface area contributed by atoms with Crippen LogP contribution in [0.4, 0.5) is 0 Å². The van der Waals surface area contributed by atoms with Gasteiger partial charge < -0.3 is 5.73 Å². The van der Waals surface area contributed by atoms with Crippen LogP contribution >= 0.6 is 0 Å². The van der Waals surface area contributed by atoms with Crippen molar-refractivity contribution in [1.82, 2.24) is 4.72 Å². The molecule has 1 atom stereocenters. The van der Waals surface area contributed by atoms with E-state index in [-0.39, 0.29) is 11.8 Å². The third-order valence-electron chi connectivity index (χ3n) is 2.13. The number of hydrogen-bond donors (Lipinski definition) is 2. The summed E-state index contributed by atoms with van der Waals surface area (Å²) in [7, 11) is -3.19. The van der Waals surface area contributed by atoms with Gasteiger partial charge in [0.15, 0.2) is 0 Å². The standard InChI is InChI=1S/C10H22N2O2S/c1-3-5-7-10(9-11)12-15(13,14)8-6-4-2/h4,10,12H,2-3,5-9,11H2,1H3. The Balaban J connectivity index is 4.08. The molecule has 0 rings (SSSR count). The molecule has 0 bridgehead atoms. The molecular weight excluding hydrogens is 212 g/mol. The molecule has 1 unspecified atom stereocenters. The molecule has 0 saturated carbocycles. The van der Waals surface area contributed by atoms with E-state index in [0.29, 0.717) is 13.0 Å². The number of nitrogens with one attached hydrogen (secondary N) is 1. The summed E-state index contributed by atoms with van der Waals surface area (Å²) in [5.41, 5.74) is 5.50. The molecule has 0 aromatic carbocycles. The third-order valence-corrected chi connectivity index (χ3v) is 3.59. The Labute approximate surface area is 93.0 Å². The number of rotatable bonds is 9. The van der Waals surface area contributed by atoms with Crippen molar-refractivity contribution in [2.45, 2.75) is 38.6 Å². The van der Waals surface area contributed by atoms with Gasteiger partial charge in [0.2, 0.25) is 10.0 Å². The molecule has 15 heavy (non-hydrogen) atoms. The van der Waals surface area contributed by atoms with Gasteiger partial charge in [0.05, 0.1) is 5.75 Å². The van der Waals surface area contributed by atoms with Gasteiger partial charge in [0.1, 0.15) is 0 Å². The van der Waals surface area contributed by atoms with E-state index in [4.69, 9.17) is 5.73 Å². The van der Waals surface area contributed by atoms with Crippen LogP contribution in [0.2, 0.25) is 0 Å². The van der Waals surface area contributed by atoms with E-state index in [1.165, 1.54) is 0 Å². The van der Waals surface area contributed by atoms with Gasteiger partial charge in [-0.05, 0) is 12.8 Å². The predicted octanol–water partition coefficient (Wildman–Crippen LogP) is 0.999. The zero-order valence-electron chi connectivity index (χ0n) is 9.41. The van der Waals surface area contributed by atoms with Gasteiger partial charge in [0, 0.05) is 12.6 Å². The monoisotopic (exact) mass is 234 g/mol. The largest absolute Gasteiger partial charge is 0.329 e. The number of unbranched alkanes of at least 4 members (excludes halogenated alkanes) is 1. The molecule has 0 amide bonds. The van der Waals surface area contributed by atoms with Crippen LogP contribution in [-0.4, -0.2) is 26.8 Å². The highest BCUT2D eigenvalue weighted by atomic mass is 32.2. The quantitative estimate of drug-likeness (QED) is 0.585. The Kier molecular flexibility index (Phi) is 7.64. The fourth-order valence-electron chi connectivity index (χ4n) is 1.23. The molecule has 0 aliphatic heterocycles. The summed E-state index contributed by atoms with van der Waals surface area (Å²) in [6.45, 7) is 5.92. The second-order valence-corrected chi connectivity index (χ2v) is 5.46. The van der Waals surface area contributed by atoms with E-state index < -0.39 is 10.0 Å². The van der Waals surface area contributed by atoms with Crippen molar-refractivity contribution in [2.75, 3.05) is 12.3 Å². The maximum absolute atomic E-state index is 11.5. The lowest BCUT2D eigenvalue weighted by atomic mass is 10.1. The van der Waals surface area contributed by atoms with Crippen LogP contribution in [0.1, 0.15) is 32.6 Å². The first-order valence-corrected chi connectivity index (χ1v) is 7.02. The van der Waals surface area contributed by atoms with Crippen molar-refractivity contribution in [3.05, 3.63) is 12.7 Å². The third kappa shape index (κ3) is 7.53. The van der Waals surface area contributed by atoms with Crippen LogP contribution in [-0.2, 0) is 10.0 Å². The topological polar surface area (TPSA) is 72.2 Å². The van der Waals surface area contributed by atoms with E-state index in [9.17, 15) is 8.42 Å². The zero-order chi connectivity index (χ0) is 11.7. The molecule has 0 aliphatic carbocycles. The van der Waals surface area contributed by atoms with Gasteiger partial charge in [-0.1, -0.05) is 25.8 Å². The minimum atomic E-state index is -3.19. The number of allylic oxidation sites excluding steroid dienone is 1. The normalized spacial score (nSPS) is 13.7. The molecule has 0 heterocycles. The maximum Gasteiger partial charge on any atom is 0.212 e. The summed E-state index contributed by atoms with van der Waals surface area (Å²) >= 11 is 0. The molecule has 5 heteroatoms. The van der Waals surface area contributed by atoms with E-state index in [1.807, 2.05) is 0 Å². The first-order valence-electron chi connectivity index (χ1n) is 5.36. The van der Waals surface area contributed by atoms with Gasteiger partial charge in [-0.3, -0.25) is 0 Å². The smallest absolute Gasteiger partial charge is 0.212 e. The van der Waals surface area contributed by atoms with E-state index in [2.05, 4.69) is 18.2 Å². The van der Waals surface area contributed by atoms with Crippen LogP contribution in [0, 0.1) is 0 Å². The molecule has 0 aromatic heterocycles. The van der Waals surface area contributed by atoms with Crippen molar-refractivity contribution < 1.29 is 8.42 Å². The highest BCUT2D eigenvalue weighted by Gasteiger charge is 2.15. The highest BCUT2D eigenvalue weighted by molar-refractivity contribution is 7.89. The van der Waals surface area contributed by atoms with E-state index in [0.717, 1.165) is 19.3 Å². The molecule has 0 radical (unpaired) electrons. The molecule has 0 aliphatic rings. The van der Waals surface area contributed by atoms with Crippen LogP contribution in [0.3, 0.4) is 0 Å². The Morgan fingerprint density at radius 1 is 1.53 bits per heavy atom. The summed E-state index contributed by atoms with van der Waals surface area (Å²) in [5.74, 6) is 0.0964. The second-order valence-electron chi connectivity index (χ2n) is 3.59. The fourth-order valence-corrected chi connectivity index (χ4v) is 2.54. The van der Waals surface area contributed by atoms with Crippen LogP contribution in [0.5, 0.6) is 0 Å². The van der Waals surface area contributed by atoms with Crippen LogP contribution in [0.15, 0.2) is 12.7 Å². The molecule has 0 fully saturated rings. The van der Waals surface area contributed by atoms with Crippen LogP contribution < -0.4 is 10.5 Å². The highest BCUT2D eigenvalue weighted by Crippen LogP contribution is 2.02. The Hall–Kier alpha value is -0.390. The second kappa shape index (κ2) is 7.84.